The Morgan fingerprint density at radius 1 is 1.40 bits per heavy atom. The Morgan fingerprint density at radius 3 is 2.87 bits per heavy atom. The molecule has 0 atom stereocenters. The van der Waals surface area contributed by atoms with Crippen LogP contribution in [0.2, 0.25) is 5.15 Å². The standard InChI is InChI=1S/C9H7BrClN3S/c10-6-3-7(15-5-6)4-14-9-8(11)12-1-2-13-9/h1-3,5H,4H2,(H,13,14). The highest BCUT2D eigenvalue weighted by Gasteiger charge is 2.02. The zero-order valence-electron chi connectivity index (χ0n) is 7.58. The van der Waals surface area contributed by atoms with Gasteiger partial charge in [0, 0.05) is 27.1 Å². The van der Waals surface area contributed by atoms with E-state index in [0.717, 1.165) is 4.47 Å². The average molecular weight is 305 g/mol. The van der Waals surface area contributed by atoms with Gasteiger partial charge in [-0.15, -0.1) is 11.3 Å². The summed E-state index contributed by atoms with van der Waals surface area (Å²) in [6.45, 7) is 0.703. The van der Waals surface area contributed by atoms with Crippen LogP contribution in [-0.4, -0.2) is 9.97 Å². The molecular weight excluding hydrogens is 298 g/mol. The first-order valence-electron chi connectivity index (χ1n) is 4.19. The highest BCUT2D eigenvalue weighted by atomic mass is 79.9. The van der Waals surface area contributed by atoms with E-state index in [2.05, 4.69) is 37.3 Å². The molecule has 2 heterocycles. The van der Waals surface area contributed by atoms with Crippen molar-refractivity contribution in [3.8, 4) is 0 Å². The molecule has 0 saturated heterocycles. The first kappa shape index (κ1) is 10.9. The van der Waals surface area contributed by atoms with Crippen molar-refractivity contribution in [1.82, 2.24) is 9.97 Å². The van der Waals surface area contributed by atoms with E-state index in [1.54, 1.807) is 23.7 Å². The van der Waals surface area contributed by atoms with E-state index < -0.39 is 0 Å². The van der Waals surface area contributed by atoms with Gasteiger partial charge in [0.1, 0.15) is 0 Å². The number of nitrogens with zero attached hydrogens (tertiary/aromatic N) is 2. The van der Waals surface area contributed by atoms with Crippen molar-refractivity contribution >= 4 is 44.7 Å². The predicted molar refractivity (Wildman–Crippen MR) is 66.4 cm³/mol. The summed E-state index contributed by atoms with van der Waals surface area (Å²) in [4.78, 5) is 9.23. The number of hydrogen-bond acceptors (Lipinski definition) is 4. The summed E-state index contributed by atoms with van der Waals surface area (Å²) in [5.74, 6) is 0.615. The molecule has 0 saturated carbocycles. The van der Waals surface area contributed by atoms with Gasteiger partial charge in [-0.3, -0.25) is 0 Å². The summed E-state index contributed by atoms with van der Waals surface area (Å²) < 4.78 is 1.09. The van der Waals surface area contributed by atoms with Crippen molar-refractivity contribution in [3.05, 3.63) is 38.3 Å². The monoisotopic (exact) mass is 303 g/mol. The summed E-state index contributed by atoms with van der Waals surface area (Å²) >= 11 is 10.9. The van der Waals surface area contributed by atoms with Crippen LogP contribution < -0.4 is 5.32 Å². The zero-order valence-corrected chi connectivity index (χ0v) is 10.7. The minimum atomic E-state index is 0.396. The maximum Gasteiger partial charge on any atom is 0.171 e. The van der Waals surface area contributed by atoms with Crippen LogP contribution in [0.4, 0.5) is 5.82 Å². The lowest BCUT2D eigenvalue weighted by molar-refractivity contribution is 1.11. The normalized spacial score (nSPS) is 10.3. The van der Waals surface area contributed by atoms with Crippen LogP contribution in [0.25, 0.3) is 0 Å². The quantitative estimate of drug-likeness (QED) is 0.942. The minimum Gasteiger partial charge on any atom is -0.363 e. The second-order valence-corrected chi connectivity index (χ2v) is 5.05. The fourth-order valence-electron chi connectivity index (χ4n) is 1.06. The van der Waals surface area contributed by atoms with Gasteiger partial charge >= 0.3 is 0 Å². The number of anilines is 1. The minimum absolute atomic E-state index is 0.396. The van der Waals surface area contributed by atoms with Crippen molar-refractivity contribution in [2.24, 2.45) is 0 Å². The molecule has 0 fully saturated rings. The first-order chi connectivity index (χ1) is 7.25. The Hall–Kier alpha value is -0.650. The molecule has 15 heavy (non-hydrogen) atoms. The van der Waals surface area contributed by atoms with Gasteiger partial charge in [-0.2, -0.15) is 0 Å². The molecule has 0 aliphatic carbocycles. The Labute approximate surface area is 105 Å². The summed E-state index contributed by atoms with van der Waals surface area (Å²) in [7, 11) is 0. The van der Waals surface area contributed by atoms with Crippen LogP contribution in [0.5, 0.6) is 0 Å². The summed E-state index contributed by atoms with van der Waals surface area (Å²) in [6.07, 6.45) is 3.17. The third-order valence-corrected chi connectivity index (χ3v) is 3.68. The Morgan fingerprint density at radius 2 is 2.20 bits per heavy atom. The molecule has 0 aliphatic rings. The van der Waals surface area contributed by atoms with E-state index in [1.165, 1.54) is 4.88 Å². The van der Waals surface area contributed by atoms with Crippen LogP contribution in [0.15, 0.2) is 28.3 Å². The van der Waals surface area contributed by atoms with Crippen LogP contribution in [-0.2, 0) is 6.54 Å². The molecule has 2 aromatic rings. The second-order valence-electron chi connectivity index (χ2n) is 2.78. The Balaban J connectivity index is 2.02. The number of thiophene rings is 1. The predicted octanol–water partition coefficient (Wildman–Crippen LogP) is 3.57. The summed E-state index contributed by atoms with van der Waals surface area (Å²) in [5.41, 5.74) is 0. The lowest BCUT2D eigenvalue weighted by atomic mass is 10.4. The Kier molecular flexibility index (Phi) is 3.56. The molecule has 0 amide bonds. The molecule has 0 spiro atoms. The van der Waals surface area contributed by atoms with E-state index in [9.17, 15) is 0 Å². The van der Waals surface area contributed by atoms with Gasteiger partial charge in [0.2, 0.25) is 0 Å². The smallest absolute Gasteiger partial charge is 0.171 e. The van der Waals surface area contributed by atoms with Gasteiger partial charge in [0.15, 0.2) is 11.0 Å². The molecule has 1 N–H and O–H groups in total. The lowest BCUT2D eigenvalue weighted by Gasteiger charge is -2.03. The maximum atomic E-state index is 5.85. The highest BCUT2D eigenvalue weighted by molar-refractivity contribution is 9.10. The van der Waals surface area contributed by atoms with Crippen molar-refractivity contribution in [2.45, 2.75) is 6.54 Å². The van der Waals surface area contributed by atoms with Crippen molar-refractivity contribution in [1.29, 1.82) is 0 Å². The molecule has 3 nitrogen and oxygen atoms in total. The third kappa shape index (κ3) is 2.90. The summed E-state index contributed by atoms with van der Waals surface area (Å²) in [6, 6.07) is 2.06. The fraction of sp³-hybridized carbons (Fsp3) is 0.111. The maximum absolute atomic E-state index is 5.85. The molecule has 2 rings (SSSR count). The van der Waals surface area contributed by atoms with Crippen molar-refractivity contribution in [3.63, 3.8) is 0 Å². The molecule has 0 unspecified atom stereocenters. The van der Waals surface area contributed by atoms with Crippen molar-refractivity contribution < 1.29 is 0 Å². The molecular formula is C9H7BrClN3S. The molecule has 6 heteroatoms. The molecule has 0 bridgehead atoms. The van der Waals surface area contributed by atoms with Crippen LogP contribution in [0.1, 0.15) is 4.88 Å². The number of halogens is 2. The Bertz CT molecular complexity index is 460. The van der Waals surface area contributed by atoms with Gasteiger partial charge in [-0.05, 0) is 22.0 Å². The highest BCUT2D eigenvalue weighted by Crippen LogP contribution is 2.21. The number of hydrogen-bond donors (Lipinski definition) is 1. The number of aromatic nitrogens is 2. The fourth-order valence-corrected chi connectivity index (χ4v) is 2.62. The number of nitrogens with one attached hydrogen (secondary N) is 1. The van der Waals surface area contributed by atoms with Crippen LogP contribution >= 0.6 is 38.9 Å². The third-order valence-electron chi connectivity index (χ3n) is 1.71. The topological polar surface area (TPSA) is 37.8 Å². The SMILES string of the molecule is Clc1nccnc1NCc1cc(Br)cs1. The van der Waals surface area contributed by atoms with Gasteiger partial charge in [0.05, 0.1) is 6.54 Å². The summed E-state index contributed by atoms with van der Waals surface area (Å²) in [5, 5.41) is 5.56. The molecule has 2 aromatic heterocycles. The van der Waals surface area contributed by atoms with E-state index in [-0.39, 0.29) is 0 Å². The largest absolute Gasteiger partial charge is 0.363 e. The lowest BCUT2D eigenvalue weighted by Crippen LogP contribution is -2.00. The van der Waals surface area contributed by atoms with Crippen molar-refractivity contribution in [2.75, 3.05) is 5.32 Å². The van der Waals surface area contributed by atoms with Gasteiger partial charge in [0.25, 0.3) is 0 Å². The first-order valence-corrected chi connectivity index (χ1v) is 6.24. The van der Waals surface area contributed by atoms with Gasteiger partial charge in [-0.25, -0.2) is 9.97 Å². The second kappa shape index (κ2) is 4.92. The van der Waals surface area contributed by atoms with Crippen LogP contribution in [0.3, 0.4) is 0 Å². The molecule has 0 aliphatic heterocycles. The van der Waals surface area contributed by atoms with E-state index in [1.807, 2.05) is 5.38 Å². The van der Waals surface area contributed by atoms with E-state index in [0.29, 0.717) is 17.5 Å². The zero-order chi connectivity index (χ0) is 10.7. The van der Waals surface area contributed by atoms with Crippen LogP contribution in [0, 0.1) is 0 Å². The number of rotatable bonds is 3. The molecule has 78 valence electrons. The van der Waals surface area contributed by atoms with E-state index in [4.69, 9.17) is 11.6 Å². The van der Waals surface area contributed by atoms with E-state index >= 15 is 0 Å². The van der Waals surface area contributed by atoms with Gasteiger partial charge in [-0.1, -0.05) is 11.6 Å². The average Bonchev–Trinajstić information content (AvgIpc) is 2.63. The molecule has 0 aromatic carbocycles. The molecule has 0 radical (unpaired) electrons. The van der Waals surface area contributed by atoms with Gasteiger partial charge < -0.3 is 5.32 Å².